The minimum atomic E-state index is 0.152. The third-order valence-electron chi connectivity index (χ3n) is 5.34. The number of hydrogen-bond donors (Lipinski definition) is 1. The maximum absolute atomic E-state index is 6.70. The Hall–Kier alpha value is -0.0800. The summed E-state index contributed by atoms with van der Waals surface area (Å²) in [6.45, 7) is 9.25. The highest BCUT2D eigenvalue weighted by Gasteiger charge is 2.37. The summed E-state index contributed by atoms with van der Waals surface area (Å²) in [5.41, 5.74) is 0.694. The van der Waals surface area contributed by atoms with Crippen molar-refractivity contribution in [3.8, 4) is 0 Å². The minimum Gasteiger partial charge on any atom is -0.370 e. The van der Waals surface area contributed by atoms with Crippen molar-refractivity contribution >= 4 is 0 Å². The topological polar surface area (TPSA) is 21.3 Å². The fourth-order valence-corrected chi connectivity index (χ4v) is 3.87. The van der Waals surface area contributed by atoms with Crippen molar-refractivity contribution in [2.45, 2.75) is 96.7 Å². The molecule has 0 aliphatic heterocycles. The first-order chi connectivity index (χ1) is 9.55. The van der Waals surface area contributed by atoms with Crippen LogP contribution in [0.1, 0.15) is 85.0 Å². The first-order valence-corrected chi connectivity index (χ1v) is 8.94. The number of ether oxygens (including phenoxy) is 1. The Labute approximate surface area is 126 Å². The molecule has 0 heterocycles. The third-order valence-corrected chi connectivity index (χ3v) is 5.34. The van der Waals surface area contributed by atoms with Gasteiger partial charge in [0.05, 0.1) is 11.7 Å². The van der Waals surface area contributed by atoms with Crippen molar-refractivity contribution in [3.63, 3.8) is 0 Å². The van der Waals surface area contributed by atoms with Gasteiger partial charge in [-0.05, 0) is 56.9 Å². The molecule has 2 nitrogen and oxygen atoms in total. The Morgan fingerprint density at radius 2 is 1.65 bits per heavy atom. The monoisotopic (exact) mass is 281 g/mol. The summed E-state index contributed by atoms with van der Waals surface area (Å²) in [7, 11) is 0. The van der Waals surface area contributed by atoms with E-state index >= 15 is 0 Å². The van der Waals surface area contributed by atoms with Crippen LogP contribution < -0.4 is 5.32 Å². The van der Waals surface area contributed by atoms with E-state index in [2.05, 4.69) is 26.1 Å². The van der Waals surface area contributed by atoms with E-state index in [4.69, 9.17) is 4.74 Å². The summed E-state index contributed by atoms with van der Waals surface area (Å²) in [5, 5.41) is 3.63. The van der Waals surface area contributed by atoms with Crippen molar-refractivity contribution in [2.75, 3.05) is 13.1 Å². The van der Waals surface area contributed by atoms with E-state index in [-0.39, 0.29) is 5.60 Å². The van der Waals surface area contributed by atoms with Crippen LogP contribution in [0.15, 0.2) is 0 Å². The van der Waals surface area contributed by atoms with Gasteiger partial charge in [-0.2, -0.15) is 0 Å². The van der Waals surface area contributed by atoms with Gasteiger partial charge in [0.2, 0.25) is 0 Å². The predicted molar refractivity (Wildman–Crippen MR) is 86.1 cm³/mol. The van der Waals surface area contributed by atoms with E-state index in [1.54, 1.807) is 0 Å². The zero-order chi connectivity index (χ0) is 14.5. The standard InChI is InChI=1S/C18H35NO/c1-4-14-19-15-18(10-6-5-7-11-18)20-16-8-12-17(2,3)13-9-16/h16,19H,4-15H2,1-3H3. The van der Waals surface area contributed by atoms with Crippen LogP contribution in [0.2, 0.25) is 0 Å². The van der Waals surface area contributed by atoms with Gasteiger partial charge < -0.3 is 10.1 Å². The molecule has 0 amide bonds. The van der Waals surface area contributed by atoms with Gasteiger partial charge in [-0.3, -0.25) is 0 Å². The highest BCUT2D eigenvalue weighted by atomic mass is 16.5. The highest BCUT2D eigenvalue weighted by molar-refractivity contribution is 4.89. The lowest BCUT2D eigenvalue weighted by Gasteiger charge is -2.43. The Morgan fingerprint density at radius 1 is 1.00 bits per heavy atom. The molecular weight excluding hydrogens is 246 g/mol. The molecule has 2 aliphatic carbocycles. The van der Waals surface area contributed by atoms with Gasteiger partial charge in [-0.15, -0.1) is 0 Å². The number of hydrogen-bond acceptors (Lipinski definition) is 2. The van der Waals surface area contributed by atoms with Gasteiger partial charge in [-0.1, -0.05) is 40.0 Å². The molecule has 0 aromatic heterocycles. The second-order valence-electron chi connectivity index (χ2n) is 7.90. The van der Waals surface area contributed by atoms with Crippen LogP contribution >= 0.6 is 0 Å². The minimum absolute atomic E-state index is 0.152. The number of nitrogens with one attached hydrogen (secondary N) is 1. The van der Waals surface area contributed by atoms with Crippen LogP contribution in [0.5, 0.6) is 0 Å². The van der Waals surface area contributed by atoms with Crippen LogP contribution in [0, 0.1) is 5.41 Å². The van der Waals surface area contributed by atoms with Crippen molar-refractivity contribution in [3.05, 3.63) is 0 Å². The SMILES string of the molecule is CCCNCC1(OC2CCC(C)(C)CC2)CCCCC1. The summed E-state index contributed by atoms with van der Waals surface area (Å²) in [5.74, 6) is 0. The van der Waals surface area contributed by atoms with Gasteiger partial charge in [-0.25, -0.2) is 0 Å². The summed E-state index contributed by atoms with van der Waals surface area (Å²) in [4.78, 5) is 0. The molecule has 0 aromatic rings. The fourth-order valence-electron chi connectivity index (χ4n) is 3.87. The molecule has 1 N–H and O–H groups in total. The molecule has 2 fully saturated rings. The zero-order valence-electron chi connectivity index (χ0n) is 14.0. The molecule has 2 saturated carbocycles. The third kappa shape index (κ3) is 4.73. The van der Waals surface area contributed by atoms with Crippen molar-refractivity contribution in [1.29, 1.82) is 0 Å². The lowest BCUT2D eigenvalue weighted by atomic mass is 9.76. The molecular formula is C18H35NO. The summed E-state index contributed by atoms with van der Waals surface area (Å²) in [6.07, 6.45) is 13.6. The molecule has 0 unspecified atom stereocenters. The molecule has 0 atom stereocenters. The summed E-state index contributed by atoms with van der Waals surface area (Å²) >= 11 is 0. The normalized spacial score (nSPS) is 26.6. The number of rotatable bonds is 6. The Balaban J connectivity index is 1.87. The van der Waals surface area contributed by atoms with Gasteiger partial charge in [0.1, 0.15) is 0 Å². The fraction of sp³-hybridized carbons (Fsp3) is 1.00. The molecule has 0 saturated heterocycles. The zero-order valence-corrected chi connectivity index (χ0v) is 14.0. The van der Waals surface area contributed by atoms with E-state index in [1.165, 1.54) is 64.2 Å². The lowest BCUT2D eigenvalue weighted by molar-refractivity contribution is -0.129. The quantitative estimate of drug-likeness (QED) is 0.714. The van der Waals surface area contributed by atoms with Gasteiger partial charge >= 0.3 is 0 Å². The van der Waals surface area contributed by atoms with Gasteiger partial charge in [0.25, 0.3) is 0 Å². The van der Waals surface area contributed by atoms with E-state index in [0.717, 1.165) is 13.1 Å². The molecule has 0 aromatic carbocycles. The maximum Gasteiger partial charge on any atom is 0.0810 e. The molecule has 2 rings (SSSR count). The van der Waals surface area contributed by atoms with Crippen LogP contribution in [-0.4, -0.2) is 24.8 Å². The Kier molecular flexibility index (Phi) is 5.92. The first kappa shape index (κ1) is 16.3. The van der Waals surface area contributed by atoms with Gasteiger partial charge in [0.15, 0.2) is 0 Å². The Morgan fingerprint density at radius 3 is 2.25 bits per heavy atom. The van der Waals surface area contributed by atoms with Crippen molar-refractivity contribution in [2.24, 2.45) is 5.41 Å². The highest BCUT2D eigenvalue weighted by Crippen LogP contribution is 2.40. The van der Waals surface area contributed by atoms with E-state index in [1.807, 2.05) is 0 Å². The van der Waals surface area contributed by atoms with E-state index in [9.17, 15) is 0 Å². The average Bonchev–Trinajstić information content (AvgIpc) is 2.43. The van der Waals surface area contributed by atoms with Crippen molar-refractivity contribution in [1.82, 2.24) is 5.32 Å². The molecule has 2 heteroatoms. The predicted octanol–water partition coefficient (Wildman–Crippen LogP) is 4.67. The largest absolute Gasteiger partial charge is 0.370 e. The second-order valence-corrected chi connectivity index (χ2v) is 7.90. The van der Waals surface area contributed by atoms with E-state index < -0.39 is 0 Å². The van der Waals surface area contributed by atoms with Crippen molar-refractivity contribution < 1.29 is 4.74 Å². The molecule has 118 valence electrons. The lowest BCUT2D eigenvalue weighted by Crippen LogP contribution is -2.48. The first-order valence-electron chi connectivity index (χ1n) is 8.94. The maximum atomic E-state index is 6.70. The van der Waals surface area contributed by atoms with Gasteiger partial charge in [0, 0.05) is 6.54 Å². The van der Waals surface area contributed by atoms with Crippen LogP contribution in [-0.2, 0) is 4.74 Å². The summed E-state index contributed by atoms with van der Waals surface area (Å²) in [6, 6.07) is 0. The second kappa shape index (κ2) is 7.26. The smallest absolute Gasteiger partial charge is 0.0810 e. The average molecular weight is 281 g/mol. The van der Waals surface area contributed by atoms with Crippen LogP contribution in [0.25, 0.3) is 0 Å². The van der Waals surface area contributed by atoms with E-state index in [0.29, 0.717) is 11.5 Å². The Bertz CT molecular complexity index is 271. The molecule has 0 bridgehead atoms. The van der Waals surface area contributed by atoms with Crippen LogP contribution in [0.4, 0.5) is 0 Å². The molecule has 0 spiro atoms. The molecule has 0 radical (unpaired) electrons. The van der Waals surface area contributed by atoms with Crippen LogP contribution in [0.3, 0.4) is 0 Å². The molecule has 2 aliphatic rings. The molecule has 20 heavy (non-hydrogen) atoms. The summed E-state index contributed by atoms with van der Waals surface area (Å²) < 4.78 is 6.70.